The van der Waals surface area contributed by atoms with Gasteiger partial charge in [0.2, 0.25) is 0 Å². The van der Waals surface area contributed by atoms with Gasteiger partial charge in [-0.2, -0.15) is 0 Å². The van der Waals surface area contributed by atoms with Crippen LogP contribution in [0, 0.1) is 0 Å². The molecule has 8 N–H and O–H groups in total. The molecular weight excluding hydrogens is 276 g/mol. The maximum absolute atomic E-state index is 10.2. The molecule has 0 heterocycles. The van der Waals surface area contributed by atoms with Gasteiger partial charge >= 0.3 is 11.9 Å². The second kappa shape index (κ2) is 14.6. The predicted octanol–water partition coefficient (Wildman–Crippen LogP) is 0.493. The third-order valence-electron chi connectivity index (χ3n) is 2.53. The van der Waals surface area contributed by atoms with Crippen LogP contribution < -0.4 is 17.2 Å². The number of carboxylic acid groups (broad SMARTS) is 2. The zero-order valence-corrected chi connectivity index (χ0v) is 12.6. The molecule has 124 valence electrons. The molecular formula is C13H28N4O4. The minimum atomic E-state index is -1.00. The van der Waals surface area contributed by atoms with Gasteiger partial charge in [0.05, 0.1) is 0 Å². The summed E-state index contributed by atoms with van der Waals surface area (Å²) in [6, 6.07) is -0.820. The fraction of sp³-hybridized carbons (Fsp3) is 0.769. The van der Waals surface area contributed by atoms with Crippen LogP contribution in [-0.2, 0) is 9.59 Å². The minimum Gasteiger partial charge on any atom is -0.481 e. The quantitative estimate of drug-likeness (QED) is 0.222. The second-order valence-corrected chi connectivity index (χ2v) is 4.60. The number of nitrogens with zero attached hydrogens (tertiary/aromatic N) is 1. The first-order valence-electron chi connectivity index (χ1n) is 7.06. The highest BCUT2D eigenvalue weighted by Gasteiger charge is 2.09. The monoisotopic (exact) mass is 304 g/mol. The van der Waals surface area contributed by atoms with Crippen LogP contribution in [0.2, 0.25) is 0 Å². The lowest BCUT2D eigenvalue weighted by Gasteiger charge is -2.03. The van der Waals surface area contributed by atoms with Gasteiger partial charge in [-0.15, -0.1) is 0 Å². The number of unbranched alkanes of at least 4 members (excludes halogenated alkanes) is 3. The molecule has 0 amide bonds. The summed E-state index contributed by atoms with van der Waals surface area (Å²) in [5, 5.41) is 16.6. The number of rotatable bonds is 10. The van der Waals surface area contributed by atoms with Gasteiger partial charge in [-0.25, -0.2) is 0 Å². The lowest BCUT2D eigenvalue weighted by atomic mass is 10.2. The van der Waals surface area contributed by atoms with Crippen LogP contribution in [0.15, 0.2) is 4.99 Å². The summed E-state index contributed by atoms with van der Waals surface area (Å²) in [6.45, 7) is 2.53. The van der Waals surface area contributed by atoms with Gasteiger partial charge in [-0.05, 0) is 19.3 Å². The van der Waals surface area contributed by atoms with Crippen molar-refractivity contribution in [3.05, 3.63) is 0 Å². The second-order valence-electron chi connectivity index (χ2n) is 4.60. The Balaban J connectivity index is 0. The van der Waals surface area contributed by atoms with Crippen LogP contribution in [-0.4, -0.2) is 40.7 Å². The zero-order chi connectivity index (χ0) is 16.7. The standard InChI is InChI=1S/C7H14O2.C6H14N4O2/c1-2-3-4-5-6-7(8)9;7-4(5(11)12)2-1-3-10-6(8)9/h2-6H2,1H3,(H,8,9);4H,1-3,7H2,(H,11,12)(H4,8,9,10). The maximum Gasteiger partial charge on any atom is 0.320 e. The van der Waals surface area contributed by atoms with Crippen molar-refractivity contribution in [1.29, 1.82) is 0 Å². The van der Waals surface area contributed by atoms with E-state index in [0.29, 0.717) is 25.8 Å². The van der Waals surface area contributed by atoms with Crippen LogP contribution in [0.4, 0.5) is 0 Å². The molecule has 21 heavy (non-hydrogen) atoms. The molecule has 0 saturated heterocycles. The lowest BCUT2D eigenvalue weighted by Crippen LogP contribution is -2.30. The number of carboxylic acids is 2. The number of carbonyl (C=O) groups is 2. The van der Waals surface area contributed by atoms with Crippen molar-refractivity contribution in [3.8, 4) is 0 Å². The number of hydrogen-bond donors (Lipinski definition) is 5. The highest BCUT2D eigenvalue weighted by atomic mass is 16.4. The first-order valence-corrected chi connectivity index (χ1v) is 7.06. The molecule has 0 radical (unpaired) electrons. The van der Waals surface area contributed by atoms with Gasteiger partial charge in [0.1, 0.15) is 6.04 Å². The number of nitrogens with two attached hydrogens (primary N) is 3. The molecule has 0 fully saturated rings. The summed E-state index contributed by atoms with van der Waals surface area (Å²) in [4.78, 5) is 23.9. The van der Waals surface area contributed by atoms with Crippen LogP contribution >= 0.6 is 0 Å². The third-order valence-corrected chi connectivity index (χ3v) is 2.53. The molecule has 0 aliphatic heterocycles. The predicted molar refractivity (Wildman–Crippen MR) is 81.9 cm³/mol. The van der Waals surface area contributed by atoms with Gasteiger partial charge in [0, 0.05) is 13.0 Å². The molecule has 0 rings (SSSR count). The molecule has 1 atom stereocenters. The Morgan fingerprint density at radius 2 is 1.71 bits per heavy atom. The SMILES string of the molecule is CCCCCCC(=O)O.NC(N)=NCCCC(N)C(=O)O. The van der Waals surface area contributed by atoms with Crippen LogP contribution in [0.25, 0.3) is 0 Å². The van der Waals surface area contributed by atoms with Crippen LogP contribution in [0.1, 0.15) is 51.9 Å². The van der Waals surface area contributed by atoms with Crippen molar-refractivity contribution in [3.63, 3.8) is 0 Å². The highest BCUT2D eigenvalue weighted by molar-refractivity contribution is 5.75. The number of aliphatic imine (C=N–C) groups is 1. The molecule has 0 bridgehead atoms. The average molecular weight is 304 g/mol. The van der Waals surface area contributed by atoms with E-state index in [9.17, 15) is 9.59 Å². The summed E-state index contributed by atoms with van der Waals surface area (Å²) < 4.78 is 0. The van der Waals surface area contributed by atoms with E-state index in [1.54, 1.807) is 0 Å². The molecule has 0 aromatic rings. The van der Waals surface area contributed by atoms with Gasteiger partial charge in [0.25, 0.3) is 0 Å². The Kier molecular flexibility index (Phi) is 14.9. The average Bonchev–Trinajstić information content (AvgIpc) is 2.39. The Morgan fingerprint density at radius 1 is 1.10 bits per heavy atom. The molecule has 0 aromatic carbocycles. The molecule has 0 aromatic heterocycles. The Bertz CT molecular complexity index is 317. The van der Waals surface area contributed by atoms with E-state index < -0.39 is 18.0 Å². The van der Waals surface area contributed by atoms with Crippen molar-refractivity contribution in [2.24, 2.45) is 22.2 Å². The van der Waals surface area contributed by atoms with Crippen molar-refractivity contribution >= 4 is 17.9 Å². The lowest BCUT2D eigenvalue weighted by molar-refractivity contribution is -0.139. The molecule has 0 saturated carbocycles. The fourth-order valence-electron chi connectivity index (χ4n) is 1.35. The minimum absolute atomic E-state index is 0.0129. The molecule has 0 aliphatic carbocycles. The third kappa shape index (κ3) is 20.6. The summed E-state index contributed by atoms with van der Waals surface area (Å²) in [5.74, 6) is -1.66. The zero-order valence-electron chi connectivity index (χ0n) is 12.6. The largest absolute Gasteiger partial charge is 0.481 e. The van der Waals surface area contributed by atoms with Gasteiger partial charge in [0.15, 0.2) is 5.96 Å². The first-order chi connectivity index (χ1) is 9.81. The van der Waals surface area contributed by atoms with E-state index >= 15 is 0 Å². The van der Waals surface area contributed by atoms with Crippen molar-refractivity contribution in [2.75, 3.05) is 6.54 Å². The maximum atomic E-state index is 10.2. The number of hydrogen-bond acceptors (Lipinski definition) is 4. The van der Waals surface area contributed by atoms with Gasteiger partial charge in [-0.3, -0.25) is 14.6 Å². The topological polar surface area (TPSA) is 165 Å². The molecule has 0 spiro atoms. The van der Waals surface area contributed by atoms with E-state index in [4.69, 9.17) is 27.4 Å². The Labute approximate surface area is 125 Å². The Hall–Kier alpha value is -1.83. The van der Waals surface area contributed by atoms with E-state index in [0.717, 1.165) is 19.3 Å². The molecule has 8 nitrogen and oxygen atoms in total. The van der Waals surface area contributed by atoms with Gasteiger partial charge < -0.3 is 27.4 Å². The van der Waals surface area contributed by atoms with E-state index in [1.165, 1.54) is 6.42 Å². The summed E-state index contributed by atoms with van der Waals surface area (Å²) in [5.41, 5.74) is 15.3. The van der Waals surface area contributed by atoms with Crippen molar-refractivity contribution < 1.29 is 19.8 Å². The molecule has 1 unspecified atom stereocenters. The molecule has 8 heteroatoms. The highest BCUT2D eigenvalue weighted by Crippen LogP contribution is 2.01. The normalized spacial score (nSPS) is 11.0. The van der Waals surface area contributed by atoms with Crippen LogP contribution in [0.3, 0.4) is 0 Å². The van der Waals surface area contributed by atoms with E-state index in [2.05, 4.69) is 11.9 Å². The summed E-state index contributed by atoms with van der Waals surface area (Å²) in [7, 11) is 0. The summed E-state index contributed by atoms with van der Waals surface area (Å²) in [6.07, 6.45) is 5.51. The van der Waals surface area contributed by atoms with E-state index in [-0.39, 0.29) is 5.96 Å². The number of aliphatic carboxylic acids is 2. The van der Waals surface area contributed by atoms with Crippen molar-refractivity contribution in [2.45, 2.75) is 57.9 Å². The summed E-state index contributed by atoms with van der Waals surface area (Å²) >= 11 is 0. The molecule has 0 aliphatic rings. The fourth-order valence-corrected chi connectivity index (χ4v) is 1.35. The first kappa shape index (κ1) is 21.5. The van der Waals surface area contributed by atoms with E-state index in [1.807, 2.05) is 0 Å². The number of guanidine groups is 1. The van der Waals surface area contributed by atoms with Gasteiger partial charge in [-0.1, -0.05) is 26.2 Å². The van der Waals surface area contributed by atoms with Crippen molar-refractivity contribution in [1.82, 2.24) is 0 Å². The smallest absolute Gasteiger partial charge is 0.320 e. The Morgan fingerprint density at radius 3 is 2.14 bits per heavy atom. The van der Waals surface area contributed by atoms with Crippen LogP contribution in [0.5, 0.6) is 0 Å².